The minimum atomic E-state index is -5.31. The van der Waals surface area contributed by atoms with E-state index in [1.807, 2.05) is 0 Å². The van der Waals surface area contributed by atoms with Gasteiger partial charge in [0.2, 0.25) is 5.88 Å². The van der Waals surface area contributed by atoms with E-state index < -0.39 is 87.7 Å². The zero-order chi connectivity index (χ0) is 37.7. The van der Waals surface area contributed by atoms with Gasteiger partial charge in [0.25, 0.3) is 5.91 Å². The van der Waals surface area contributed by atoms with Crippen LogP contribution in [0, 0.1) is 0 Å². The molecular weight excluding hydrogens is 929 g/mol. The summed E-state index contributed by atoms with van der Waals surface area (Å²) in [5.41, 5.74) is -4.25. The summed E-state index contributed by atoms with van der Waals surface area (Å²) < 4.78 is 85.6. The van der Waals surface area contributed by atoms with Crippen molar-refractivity contribution < 1.29 is 290 Å². The molecule has 2 aromatic carbocycles. The van der Waals surface area contributed by atoms with Gasteiger partial charge in [-0.05, 0) is 55.5 Å². The van der Waals surface area contributed by atoms with E-state index in [-0.39, 0.29) is 251 Å². The third-order valence-corrected chi connectivity index (χ3v) is 9.05. The van der Waals surface area contributed by atoms with E-state index in [1.54, 1.807) is 0 Å². The van der Waals surface area contributed by atoms with Gasteiger partial charge in [-0.1, -0.05) is 6.08 Å². The molecule has 1 amide bonds. The Morgan fingerprint density at radius 1 is 0.891 bits per heavy atom. The van der Waals surface area contributed by atoms with Crippen LogP contribution in [0.15, 0.2) is 78.8 Å². The Kier molecular flexibility index (Phi) is 26.6. The quantitative estimate of drug-likeness (QED) is 0.0272. The molecule has 1 aliphatic heterocycles. The van der Waals surface area contributed by atoms with Crippen LogP contribution in [0.25, 0.3) is 11.8 Å². The number of ether oxygens (including phenoxy) is 1. The molecule has 0 saturated carbocycles. The second-order valence-electron chi connectivity index (χ2n) is 9.13. The van der Waals surface area contributed by atoms with Crippen LogP contribution in [0.4, 0.5) is 5.69 Å². The number of carbonyl (C=O) groups excluding carboxylic acids is 2. The fourth-order valence-corrected chi connectivity index (χ4v) is 6.23. The van der Waals surface area contributed by atoms with Gasteiger partial charge >= 0.3 is 217 Å². The summed E-state index contributed by atoms with van der Waals surface area (Å²) in [4.78, 5) is 36.1. The SMILES string of the molecule is CCOC(=O)c1nn(-c2cc(SOO[O-])ccc2S(=O)(=O)[O-])c(O)c1C=CC=C1C(=O)N(c2cc(SOO[O-])ccc2S(=O)(=O)[O-])N=C1C(=O)O.[K+].[K+].[K+].[K+]. The number of anilines is 1. The Morgan fingerprint density at radius 2 is 1.40 bits per heavy atom. The molecule has 4 rings (SSSR count). The first-order chi connectivity index (χ1) is 24.0. The molecule has 0 unspecified atom stereocenters. The molecule has 0 radical (unpaired) electrons. The molecule has 30 heteroatoms. The molecule has 0 aliphatic carbocycles. The van der Waals surface area contributed by atoms with Crippen molar-refractivity contribution in [2.24, 2.45) is 5.10 Å². The van der Waals surface area contributed by atoms with Gasteiger partial charge in [0.15, 0.2) is 11.4 Å². The summed E-state index contributed by atoms with van der Waals surface area (Å²) >= 11 is 0.519. The number of aromatic nitrogens is 2. The molecule has 2 N–H and O–H groups in total. The molecule has 0 saturated heterocycles. The topological polar surface area (TPSA) is 332 Å². The van der Waals surface area contributed by atoms with Crippen LogP contribution in [0.2, 0.25) is 0 Å². The summed E-state index contributed by atoms with van der Waals surface area (Å²) in [5.74, 6) is -5.26. The maximum atomic E-state index is 13.4. The van der Waals surface area contributed by atoms with Gasteiger partial charge in [-0.3, -0.25) is 14.9 Å². The first-order valence-electron chi connectivity index (χ1n) is 13.0. The first kappa shape index (κ1) is 56.8. The van der Waals surface area contributed by atoms with E-state index in [0.29, 0.717) is 4.68 Å². The number of aliphatic carboxylic acids is 1. The predicted octanol–water partition coefficient (Wildman–Crippen LogP) is -12.5. The second kappa shape index (κ2) is 25.7. The zero-order valence-electron chi connectivity index (χ0n) is 28.8. The minimum Gasteiger partial charge on any atom is -0.744 e. The van der Waals surface area contributed by atoms with Gasteiger partial charge in [0.05, 0.1) is 63.0 Å². The van der Waals surface area contributed by atoms with Crippen molar-refractivity contribution in [3.05, 3.63) is 65.4 Å². The van der Waals surface area contributed by atoms with Crippen molar-refractivity contribution in [1.29, 1.82) is 0 Å². The molecule has 1 aromatic heterocycles. The first-order valence-corrected chi connectivity index (χ1v) is 17.3. The maximum absolute atomic E-state index is 13.4. The smallest absolute Gasteiger partial charge is 0.744 e. The number of carbonyl (C=O) groups is 3. The monoisotopic (exact) mass is 944 g/mol. The van der Waals surface area contributed by atoms with Crippen LogP contribution >= 0.6 is 24.1 Å². The number of benzene rings is 2. The fourth-order valence-electron chi connectivity index (χ4n) is 4.18. The predicted molar refractivity (Wildman–Crippen MR) is 159 cm³/mol. The molecule has 0 spiro atoms. The van der Waals surface area contributed by atoms with E-state index in [0.717, 1.165) is 54.6 Å². The standard InChI is InChI=1S/C25H20N4O18S4.4K/c1-2-43-25(34)21-15(23(31)29(27-21)17-11-13(49-47-45-36)7-9-19(17)51(40,41)42)5-3-4-14-20(24(32)33)26-28(22(14)30)16-10-12(48-46-44-35)6-8-18(16)50(37,38)39;;;;/h3-11,31,35-36H,2H2,1H3,(H,32,33)(H,37,38,39)(H,40,41,42);;;;/q;4*+1/p-4. The van der Waals surface area contributed by atoms with Gasteiger partial charge < -0.3 is 34.6 Å². The maximum Gasteiger partial charge on any atom is 1.00 e. The summed E-state index contributed by atoms with van der Waals surface area (Å²) in [7, 11) is -10.6. The molecular formula is C25H16K4N4O18S4. The molecule has 0 bridgehead atoms. The van der Waals surface area contributed by atoms with Crippen LogP contribution < -0.4 is 221 Å². The Bertz CT molecular complexity index is 2220. The van der Waals surface area contributed by atoms with Crippen LogP contribution in [-0.2, 0) is 53.3 Å². The van der Waals surface area contributed by atoms with E-state index in [1.165, 1.54) is 6.92 Å². The summed E-state index contributed by atoms with van der Waals surface area (Å²) in [6, 6.07) is 5.35. The summed E-state index contributed by atoms with van der Waals surface area (Å²) in [6.45, 7) is 1.21. The van der Waals surface area contributed by atoms with Gasteiger partial charge in [-0.2, -0.15) is 28.6 Å². The molecule has 0 atom stereocenters. The molecule has 22 nitrogen and oxygen atoms in total. The van der Waals surface area contributed by atoms with Crippen LogP contribution in [-0.4, -0.2) is 76.1 Å². The Labute approximate surface area is 489 Å². The normalized spacial score (nSPS) is 13.4. The number of rotatable bonds is 15. The summed E-state index contributed by atoms with van der Waals surface area (Å²) in [6.07, 6.45) is 2.62. The van der Waals surface area contributed by atoms with Crippen molar-refractivity contribution in [2.75, 3.05) is 11.6 Å². The van der Waals surface area contributed by atoms with Crippen molar-refractivity contribution in [3.63, 3.8) is 0 Å². The largest absolute Gasteiger partial charge is 1.00 e. The number of hydrogen-bond donors (Lipinski definition) is 2. The number of esters is 1. The number of carboxylic acid groups (broad SMARTS) is 1. The average molecular weight is 945 g/mol. The van der Waals surface area contributed by atoms with Gasteiger partial charge in [0, 0.05) is 9.79 Å². The Morgan fingerprint density at radius 3 is 1.87 bits per heavy atom. The summed E-state index contributed by atoms with van der Waals surface area (Å²) in [5, 5.41) is 55.5. The molecule has 1 aliphatic rings. The molecule has 3 aromatic rings. The minimum absolute atomic E-state index is 0. The fraction of sp³-hybridized carbons (Fsp3) is 0.0800. The molecule has 2 heterocycles. The molecule has 55 heavy (non-hydrogen) atoms. The number of aromatic hydroxyl groups is 1. The molecule has 0 fully saturated rings. The number of hydrogen-bond acceptors (Lipinski definition) is 21. The number of carboxylic acids is 1. The van der Waals surface area contributed by atoms with Crippen LogP contribution in [0.1, 0.15) is 23.0 Å². The van der Waals surface area contributed by atoms with Gasteiger partial charge in [-0.25, -0.2) is 26.4 Å². The van der Waals surface area contributed by atoms with Crippen LogP contribution in [0.5, 0.6) is 5.88 Å². The van der Waals surface area contributed by atoms with Crippen LogP contribution in [0.3, 0.4) is 0 Å². The van der Waals surface area contributed by atoms with E-state index in [9.17, 15) is 61.1 Å². The van der Waals surface area contributed by atoms with Gasteiger partial charge in [-0.15, -0.1) is 0 Å². The second-order valence-corrected chi connectivity index (χ2v) is 13.4. The third kappa shape index (κ3) is 14.7. The van der Waals surface area contributed by atoms with E-state index in [2.05, 4.69) is 28.9 Å². The Hall–Kier alpha value is 1.84. The molecule has 272 valence electrons. The average Bonchev–Trinajstić information content (AvgIpc) is 3.57. The number of nitrogens with zero attached hydrogens (tertiary/aromatic N) is 4. The number of hydrazone groups is 1. The Balaban J connectivity index is 0.00000729. The zero-order valence-corrected chi connectivity index (χ0v) is 44.5. The number of allylic oxidation sites excluding steroid dienone is 2. The van der Waals surface area contributed by atoms with E-state index in [4.69, 9.17) is 4.74 Å². The third-order valence-electron chi connectivity index (χ3n) is 6.14. The van der Waals surface area contributed by atoms with Crippen molar-refractivity contribution >= 4 is 79.6 Å². The number of amides is 1. The van der Waals surface area contributed by atoms with Gasteiger partial charge in [0.1, 0.15) is 20.2 Å². The van der Waals surface area contributed by atoms with Crippen molar-refractivity contribution in [1.82, 2.24) is 9.78 Å². The van der Waals surface area contributed by atoms with E-state index >= 15 is 0 Å². The van der Waals surface area contributed by atoms with Crippen molar-refractivity contribution in [3.8, 4) is 11.6 Å². The van der Waals surface area contributed by atoms with Crippen molar-refractivity contribution in [2.45, 2.75) is 26.5 Å².